The van der Waals surface area contributed by atoms with Crippen LogP contribution in [-0.2, 0) is 12.0 Å². The van der Waals surface area contributed by atoms with Crippen LogP contribution in [0.1, 0.15) is 48.9 Å². The second-order valence-corrected chi connectivity index (χ2v) is 11.6. The Morgan fingerprint density at radius 2 is 1.55 bits per heavy atom. The van der Waals surface area contributed by atoms with Crippen LogP contribution in [0.15, 0.2) is 97.2 Å². The Morgan fingerprint density at radius 1 is 0.825 bits per heavy atom. The first-order valence-electron chi connectivity index (χ1n) is 14.9. The zero-order valence-corrected chi connectivity index (χ0v) is 24.0. The third-order valence-electron chi connectivity index (χ3n) is 9.14. The van der Waals surface area contributed by atoms with E-state index in [4.69, 9.17) is 0 Å². The largest absolute Gasteiger partial charge is 0.361 e. The van der Waals surface area contributed by atoms with Crippen LogP contribution in [0.5, 0.6) is 0 Å². The lowest BCUT2D eigenvalue weighted by Crippen LogP contribution is -2.42. The molecule has 1 fully saturated rings. The summed E-state index contributed by atoms with van der Waals surface area (Å²) in [6.45, 7) is 3.71. The molecule has 3 aromatic carbocycles. The molecule has 1 aliphatic heterocycles. The van der Waals surface area contributed by atoms with Crippen LogP contribution < -0.4 is 0 Å². The van der Waals surface area contributed by atoms with Gasteiger partial charge in [-0.1, -0.05) is 72.8 Å². The number of benzene rings is 3. The molecule has 0 radical (unpaired) electrons. The zero-order valence-electron chi connectivity index (χ0n) is 24.0. The summed E-state index contributed by atoms with van der Waals surface area (Å²) in [5.41, 5.74) is 8.42. The van der Waals surface area contributed by atoms with Gasteiger partial charge in [0.25, 0.3) is 0 Å². The first-order chi connectivity index (χ1) is 19.6. The third kappa shape index (κ3) is 5.39. The van der Waals surface area contributed by atoms with E-state index in [2.05, 4.69) is 113 Å². The Labute approximate surface area is 238 Å². The van der Waals surface area contributed by atoms with Crippen molar-refractivity contribution in [2.75, 3.05) is 33.7 Å². The number of allylic oxidation sites excluding steroid dienone is 1. The fraction of sp³-hybridized carbons (Fsp3) is 0.333. The summed E-state index contributed by atoms with van der Waals surface area (Å²) >= 11 is 0. The molecule has 40 heavy (non-hydrogen) atoms. The number of likely N-dealkylation sites (tertiary alicyclic amines) is 1. The van der Waals surface area contributed by atoms with Gasteiger partial charge in [0.1, 0.15) is 0 Å². The molecular formula is C36H42N4. The highest BCUT2D eigenvalue weighted by Crippen LogP contribution is 2.43. The molecule has 3 heterocycles. The first-order valence-corrected chi connectivity index (χ1v) is 14.9. The van der Waals surface area contributed by atoms with Crippen molar-refractivity contribution in [1.82, 2.24) is 19.8 Å². The van der Waals surface area contributed by atoms with E-state index in [1.165, 1.54) is 76.7 Å². The summed E-state index contributed by atoms with van der Waals surface area (Å²) in [6, 6.07) is 30.2. The van der Waals surface area contributed by atoms with E-state index >= 15 is 0 Å². The summed E-state index contributed by atoms with van der Waals surface area (Å²) in [7, 11) is 4.46. The second kappa shape index (κ2) is 11.9. The summed E-state index contributed by atoms with van der Waals surface area (Å²) < 4.78 is 0. The normalized spacial score (nSPS) is 19.6. The minimum absolute atomic E-state index is 0.0898. The molecule has 1 aliphatic carbocycles. The molecule has 1 saturated heterocycles. The van der Waals surface area contributed by atoms with E-state index in [-0.39, 0.29) is 5.54 Å². The molecule has 2 aliphatic rings. The van der Waals surface area contributed by atoms with Crippen molar-refractivity contribution < 1.29 is 0 Å². The van der Waals surface area contributed by atoms with Crippen molar-refractivity contribution in [2.45, 2.75) is 44.1 Å². The number of rotatable bonds is 6. The van der Waals surface area contributed by atoms with E-state index in [1.54, 1.807) is 0 Å². The van der Waals surface area contributed by atoms with Crippen molar-refractivity contribution in [3.05, 3.63) is 114 Å². The van der Waals surface area contributed by atoms with E-state index in [0.717, 1.165) is 25.7 Å². The van der Waals surface area contributed by atoms with Gasteiger partial charge in [-0.3, -0.25) is 4.90 Å². The van der Waals surface area contributed by atoms with E-state index in [9.17, 15) is 0 Å². The molecule has 2 aromatic heterocycles. The molecule has 206 valence electrons. The Balaban J connectivity index is 0.000000271. The van der Waals surface area contributed by atoms with Gasteiger partial charge in [0.05, 0.1) is 0 Å². The van der Waals surface area contributed by atoms with Crippen LogP contribution in [0.3, 0.4) is 0 Å². The number of H-pyrrole nitrogens is 2. The highest BCUT2D eigenvalue weighted by Gasteiger charge is 2.36. The number of aromatic nitrogens is 2. The maximum absolute atomic E-state index is 3.81. The van der Waals surface area contributed by atoms with Crippen LogP contribution in [0.25, 0.3) is 27.4 Å². The summed E-state index contributed by atoms with van der Waals surface area (Å²) in [5, 5.41) is 2.68. The molecule has 1 atom stereocenters. The average Bonchev–Trinajstić information content (AvgIpc) is 3.77. The van der Waals surface area contributed by atoms with Crippen LogP contribution in [0.4, 0.5) is 0 Å². The minimum Gasteiger partial charge on any atom is -0.361 e. The number of fused-ring (bicyclic) bond motifs is 2. The van der Waals surface area contributed by atoms with Crippen LogP contribution in [0.2, 0.25) is 0 Å². The molecule has 0 bridgehead atoms. The van der Waals surface area contributed by atoms with Crippen LogP contribution in [0, 0.1) is 0 Å². The van der Waals surface area contributed by atoms with Gasteiger partial charge in [0, 0.05) is 40.4 Å². The van der Waals surface area contributed by atoms with E-state index < -0.39 is 0 Å². The molecule has 1 unspecified atom stereocenters. The molecule has 7 rings (SSSR count). The predicted molar refractivity (Wildman–Crippen MR) is 170 cm³/mol. The smallest absolute Gasteiger partial charge is 0.0492 e. The molecule has 0 amide bonds. The molecular weight excluding hydrogens is 488 g/mol. The average molecular weight is 531 g/mol. The molecule has 5 aromatic rings. The Kier molecular flexibility index (Phi) is 7.90. The molecule has 4 nitrogen and oxygen atoms in total. The quantitative estimate of drug-likeness (QED) is 0.233. The number of hydrogen-bond donors (Lipinski definition) is 2. The zero-order chi connectivity index (χ0) is 27.4. The summed E-state index contributed by atoms with van der Waals surface area (Å²) in [4.78, 5) is 12.0. The van der Waals surface area contributed by atoms with E-state index in [0.29, 0.717) is 0 Å². The second-order valence-electron chi connectivity index (χ2n) is 11.6. The van der Waals surface area contributed by atoms with Crippen molar-refractivity contribution in [1.29, 1.82) is 0 Å². The van der Waals surface area contributed by atoms with Gasteiger partial charge in [-0.05, 0) is 106 Å². The fourth-order valence-corrected chi connectivity index (χ4v) is 6.74. The number of nitrogens with zero attached hydrogens (tertiary/aromatic N) is 2. The van der Waals surface area contributed by atoms with Gasteiger partial charge in [-0.25, -0.2) is 0 Å². The summed E-state index contributed by atoms with van der Waals surface area (Å²) in [5.74, 6) is 0. The topological polar surface area (TPSA) is 38.1 Å². The van der Waals surface area contributed by atoms with Gasteiger partial charge in [-0.2, -0.15) is 0 Å². The number of hydrogen-bond acceptors (Lipinski definition) is 2. The van der Waals surface area contributed by atoms with Crippen molar-refractivity contribution >= 4 is 27.4 Å². The van der Waals surface area contributed by atoms with Crippen LogP contribution in [-0.4, -0.2) is 53.5 Å². The summed E-state index contributed by atoms with van der Waals surface area (Å²) in [6.07, 6.45) is 11.6. The molecule has 4 heteroatoms. The Morgan fingerprint density at radius 3 is 2.27 bits per heavy atom. The molecule has 2 N–H and O–H groups in total. The Hall–Kier alpha value is -3.60. The minimum atomic E-state index is 0.0898. The molecule has 0 saturated carbocycles. The lowest BCUT2D eigenvalue weighted by Gasteiger charge is -2.43. The number of nitrogens with one attached hydrogen (secondary N) is 2. The SMILES string of the molecule is CN(C)C1(c2ccccc2)CC=C(c2[nH]c3ccccc3c2CCN2CCCC2)CC1.c1ccc2[nH]ccc2c1. The van der Waals surface area contributed by atoms with Gasteiger partial charge in [0.2, 0.25) is 0 Å². The van der Waals surface area contributed by atoms with Gasteiger partial charge >= 0.3 is 0 Å². The number of aromatic amines is 2. The van der Waals surface area contributed by atoms with Crippen LogP contribution >= 0.6 is 0 Å². The number of para-hydroxylation sites is 2. The monoisotopic (exact) mass is 530 g/mol. The highest BCUT2D eigenvalue weighted by molar-refractivity contribution is 5.89. The van der Waals surface area contributed by atoms with E-state index in [1.807, 2.05) is 18.3 Å². The maximum atomic E-state index is 3.81. The first kappa shape index (κ1) is 26.6. The Bertz CT molecular complexity index is 1540. The van der Waals surface area contributed by atoms with Gasteiger partial charge in [0.15, 0.2) is 0 Å². The van der Waals surface area contributed by atoms with Crippen molar-refractivity contribution in [2.24, 2.45) is 0 Å². The van der Waals surface area contributed by atoms with Gasteiger partial charge in [-0.15, -0.1) is 0 Å². The standard InChI is InChI=1S/C28H35N3.C8H7N/c1-30(2)28(23-10-4-3-5-11-23)17-14-22(15-18-28)27-25(16-21-31-19-8-9-20-31)24-12-6-7-13-26(24)29-27;1-2-4-8-7(3-1)5-6-9-8/h3-7,10-14,29H,8-9,15-21H2,1-2H3;1-6,9H. The lowest BCUT2D eigenvalue weighted by molar-refractivity contribution is 0.138. The highest BCUT2D eigenvalue weighted by atomic mass is 15.1. The maximum Gasteiger partial charge on any atom is 0.0492 e. The fourth-order valence-electron chi connectivity index (χ4n) is 6.74. The predicted octanol–water partition coefficient (Wildman–Crippen LogP) is 8.00. The third-order valence-corrected chi connectivity index (χ3v) is 9.14. The lowest BCUT2D eigenvalue weighted by atomic mass is 9.75. The van der Waals surface area contributed by atoms with Gasteiger partial charge < -0.3 is 14.9 Å². The van der Waals surface area contributed by atoms with Crippen molar-refractivity contribution in [3.8, 4) is 0 Å². The molecule has 0 spiro atoms. The van der Waals surface area contributed by atoms with Crippen molar-refractivity contribution in [3.63, 3.8) is 0 Å².